The van der Waals surface area contributed by atoms with E-state index < -0.39 is 15.8 Å². The highest BCUT2D eigenvalue weighted by Gasteiger charge is 2.24. The Balaban J connectivity index is 1.74. The SMILES string of the molecule is Cc1nc(NS(=O)(=O)c2ccc(CC(C)C)cc2-c2ccc(Cn3ccnc3C(C)(C)C)c(F)c2)oc1C. The lowest BCUT2D eigenvalue weighted by molar-refractivity contribution is 0.505. The van der Waals surface area contributed by atoms with Crippen LogP contribution in [-0.2, 0) is 28.4 Å². The van der Waals surface area contributed by atoms with Gasteiger partial charge in [0.1, 0.15) is 17.4 Å². The van der Waals surface area contributed by atoms with E-state index in [0.717, 1.165) is 17.8 Å². The van der Waals surface area contributed by atoms with Crippen molar-refractivity contribution in [3.8, 4) is 11.1 Å². The number of sulfonamides is 1. The number of oxazole rings is 1. The monoisotopic (exact) mass is 538 g/mol. The fourth-order valence-corrected chi connectivity index (χ4v) is 5.57. The molecular formula is C29H35FN4O3S. The third-order valence-corrected chi connectivity index (χ3v) is 7.70. The number of imidazole rings is 1. The summed E-state index contributed by atoms with van der Waals surface area (Å²) in [7, 11) is -4.07. The maximum Gasteiger partial charge on any atom is 0.309 e. The molecule has 0 aliphatic carbocycles. The number of anilines is 1. The summed E-state index contributed by atoms with van der Waals surface area (Å²) in [5.74, 6) is 1.34. The Kier molecular flexibility index (Phi) is 7.52. The number of nitrogens with one attached hydrogen (secondary N) is 1. The van der Waals surface area contributed by atoms with Crippen LogP contribution < -0.4 is 4.72 Å². The van der Waals surface area contributed by atoms with Gasteiger partial charge < -0.3 is 8.98 Å². The molecule has 0 amide bonds. The Morgan fingerprint density at radius 3 is 2.45 bits per heavy atom. The minimum Gasteiger partial charge on any atom is -0.428 e. The molecule has 4 aromatic rings. The van der Waals surface area contributed by atoms with Crippen LogP contribution in [0, 0.1) is 25.6 Å². The molecule has 0 radical (unpaired) electrons. The van der Waals surface area contributed by atoms with Crippen LogP contribution in [0.2, 0.25) is 0 Å². The van der Waals surface area contributed by atoms with Gasteiger partial charge in [0.05, 0.1) is 17.1 Å². The predicted octanol–water partition coefficient (Wildman–Crippen LogP) is 6.64. The first kappa shape index (κ1) is 27.6. The van der Waals surface area contributed by atoms with Crippen molar-refractivity contribution in [2.24, 2.45) is 5.92 Å². The molecular weight excluding hydrogens is 503 g/mol. The zero-order chi connectivity index (χ0) is 27.8. The van der Waals surface area contributed by atoms with Gasteiger partial charge in [-0.2, -0.15) is 4.98 Å². The topological polar surface area (TPSA) is 90.0 Å². The summed E-state index contributed by atoms with van der Waals surface area (Å²) in [5.41, 5.74) is 2.75. The van der Waals surface area contributed by atoms with E-state index in [1.807, 2.05) is 16.8 Å². The molecule has 0 saturated heterocycles. The molecule has 2 aromatic carbocycles. The van der Waals surface area contributed by atoms with Gasteiger partial charge >= 0.3 is 6.01 Å². The summed E-state index contributed by atoms with van der Waals surface area (Å²) in [6.07, 6.45) is 4.31. The van der Waals surface area contributed by atoms with Gasteiger partial charge in [0.2, 0.25) is 0 Å². The average Bonchev–Trinajstić information content (AvgIpc) is 3.40. The van der Waals surface area contributed by atoms with Gasteiger partial charge in [-0.1, -0.05) is 52.8 Å². The lowest BCUT2D eigenvalue weighted by Gasteiger charge is -2.20. The molecule has 0 unspecified atom stereocenters. The Morgan fingerprint density at radius 1 is 1.11 bits per heavy atom. The summed E-state index contributed by atoms with van der Waals surface area (Å²) in [5, 5.41) is 0. The van der Waals surface area contributed by atoms with E-state index in [4.69, 9.17) is 4.42 Å². The quantitative estimate of drug-likeness (QED) is 0.272. The molecule has 1 N–H and O–H groups in total. The molecule has 4 rings (SSSR count). The second-order valence-electron chi connectivity index (χ2n) is 11.1. The van der Waals surface area contributed by atoms with Crippen molar-refractivity contribution in [1.82, 2.24) is 14.5 Å². The van der Waals surface area contributed by atoms with Crippen LogP contribution in [0.3, 0.4) is 0 Å². The zero-order valence-electron chi connectivity index (χ0n) is 23.0. The highest BCUT2D eigenvalue weighted by atomic mass is 32.2. The van der Waals surface area contributed by atoms with Crippen LogP contribution in [0.5, 0.6) is 0 Å². The number of hydrogen-bond donors (Lipinski definition) is 1. The van der Waals surface area contributed by atoms with Crippen molar-refractivity contribution in [3.05, 3.63) is 83.0 Å². The maximum absolute atomic E-state index is 15.5. The van der Waals surface area contributed by atoms with Crippen molar-refractivity contribution in [2.75, 3.05) is 4.72 Å². The van der Waals surface area contributed by atoms with Crippen LogP contribution in [0.25, 0.3) is 11.1 Å². The van der Waals surface area contributed by atoms with E-state index in [2.05, 4.69) is 49.3 Å². The molecule has 2 heterocycles. The molecule has 0 atom stereocenters. The second-order valence-corrected chi connectivity index (χ2v) is 12.8. The van der Waals surface area contributed by atoms with Crippen LogP contribution in [-0.4, -0.2) is 23.0 Å². The minimum absolute atomic E-state index is 0.0234. The smallest absolute Gasteiger partial charge is 0.309 e. The van der Waals surface area contributed by atoms with Crippen LogP contribution in [0.15, 0.2) is 58.1 Å². The first-order valence-electron chi connectivity index (χ1n) is 12.6. The van der Waals surface area contributed by atoms with Crippen molar-refractivity contribution in [2.45, 2.75) is 71.7 Å². The molecule has 0 aliphatic rings. The van der Waals surface area contributed by atoms with Crippen LogP contribution in [0.4, 0.5) is 10.4 Å². The number of halogens is 1. The fourth-order valence-electron chi connectivity index (χ4n) is 4.43. The van der Waals surface area contributed by atoms with E-state index in [0.29, 0.717) is 40.6 Å². The molecule has 0 bridgehead atoms. The molecule has 0 aliphatic heterocycles. The maximum atomic E-state index is 15.5. The van der Waals surface area contributed by atoms with E-state index in [-0.39, 0.29) is 16.3 Å². The normalized spacial score (nSPS) is 12.3. The molecule has 0 saturated carbocycles. The Morgan fingerprint density at radius 2 is 1.84 bits per heavy atom. The molecule has 202 valence electrons. The molecule has 7 nitrogen and oxygen atoms in total. The number of hydrogen-bond acceptors (Lipinski definition) is 5. The molecule has 38 heavy (non-hydrogen) atoms. The Labute approximate surface area is 224 Å². The number of rotatable bonds is 8. The summed E-state index contributed by atoms with van der Waals surface area (Å²) >= 11 is 0. The number of nitrogens with zero attached hydrogens (tertiary/aromatic N) is 3. The van der Waals surface area contributed by atoms with E-state index in [1.54, 1.807) is 44.3 Å². The lowest BCUT2D eigenvalue weighted by Crippen LogP contribution is -2.19. The van der Waals surface area contributed by atoms with Crippen molar-refractivity contribution in [1.29, 1.82) is 0 Å². The van der Waals surface area contributed by atoms with E-state index >= 15 is 4.39 Å². The van der Waals surface area contributed by atoms with E-state index in [9.17, 15) is 8.42 Å². The lowest BCUT2D eigenvalue weighted by atomic mass is 9.95. The highest BCUT2D eigenvalue weighted by Crippen LogP contribution is 2.32. The van der Waals surface area contributed by atoms with Crippen LogP contribution >= 0.6 is 0 Å². The highest BCUT2D eigenvalue weighted by molar-refractivity contribution is 7.92. The predicted molar refractivity (Wildman–Crippen MR) is 147 cm³/mol. The summed E-state index contributed by atoms with van der Waals surface area (Å²) in [6.45, 7) is 14.1. The second kappa shape index (κ2) is 10.4. The summed E-state index contributed by atoms with van der Waals surface area (Å²) in [4.78, 5) is 8.61. The average molecular weight is 539 g/mol. The van der Waals surface area contributed by atoms with Crippen molar-refractivity contribution >= 4 is 16.0 Å². The fraction of sp³-hybridized carbons (Fsp3) is 0.379. The molecule has 0 spiro atoms. The standard InChI is InChI=1S/C29H35FN4O3S/c1-18(2)14-21-8-11-26(38(35,36)33-28-32-19(3)20(4)37-28)24(15-21)22-9-10-23(25(30)16-22)17-34-13-12-31-27(34)29(5,6)7/h8-13,15-16,18H,14,17H2,1-7H3,(H,32,33). The van der Waals surface area contributed by atoms with Gasteiger partial charge in [0, 0.05) is 28.9 Å². The van der Waals surface area contributed by atoms with Crippen LogP contribution in [0.1, 0.15) is 63.0 Å². The number of aromatic nitrogens is 3. The molecule has 2 aromatic heterocycles. The molecule has 9 heteroatoms. The van der Waals surface area contributed by atoms with Gasteiger partial charge in [0.25, 0.3) is 10.0 Å². The van der Waals surface area contributed by atoms with Gasteiger partial charge in [-0.15, -0.1) is 0 Å². The number of aryl methyl sites for hydroxylation is 2. The van der Waals surface area contributed by atoms with Gasteiger partial charge in [-0.05, 0) is 55.5 Å². The zero-order valence-corrected chi connectivity index (χ0v) is 23.8. The Hall–Kier alpha value is -3.46. The number of benzene rings is 2. The van der Waals surface area contributed by atoms with Gasteiger partial charge in [-0.25, -0.2) is 22.5 Å². The van der Waals surface area contributed by atoms with Crippen molar-refractivity contribution in [3.63, 3.8) is 0 Å². The van der Waals surface area contributed by atoms with E-state index in [1.165, 1.54) is 6.07 Å². The third kappa shape index (κ3) is 5.99. The first-order chi connectivity index (χ1) is 17.7. The molecule has 0 fully saturated rings. The minimum atomic E-state index is -4.07. The van der Waals surface area contributed by atoms with Gasteiger partial charge in [0.15, 0.2) is 0 Å². The van der Waals surface area contributed by atoms with Crippen molar-refractivity contribution < 1.29 is 17.2 Å². The summed E-state index contributed by atoms with van der Waals surface area (Å²) in [6, 6.07) is 9.94. The largest absolute Gasteiger partial charge is 0.428 e. The first-order valence-corrected chi connectivity index (χ1v) is 14.1. The third-order valence-electron chi connectivity index (χ3n) is 6.32. The van der Waals surface area contributed by atoms with Gasteiger partial charge in [-0.3, -0.25) is 0 Å². The Bertz CT molecular complexity index is 1540. The summed E-state index contributed by atoms with van der Waals surface area (Å²) < 4.78 is 52.1.